The Morgan fingerprint density at radius 2 is 2.17 bits per heavy atom. The lowest BCUT2D eigenvalue weighted by molar-refractivity contribution is -0.138. The van der Waals surface area contributed by atoms with Crippen molar-refractivity contribution in [2.75, 3.05) is 5.32 Å². The molecule has 0 fully saturated rings. The van der Waals surface area contributed by atoms with Crippen LogP contribution in [-0.2, 0) is 4.79 Å². The summed E-state index contributed by atoms with van der Waals surface area (Å²) >= 11 is 1.57. The number of rotatable bonds is 4. The number of hydrogen-bond acceptors (Lipinski definition) is 5. The van der Waals surface area contributed by atoms with Crippen molar-refractivity contribution in [3.8, 4) is 0 Å². The van der Waals surface area contributed by atoms with Crippen LogP contribution >= 0.6 is 11.3 Å². The largest absolute Gasteiger partial charge is 0.480 e. The van der Waals surface area contributed by atoms with Crippen molar-refractivity contribution in [3.05, 3.63) is 17.3 Å². The van der Waals surface area contributed by atoms with E-state index in [1.165, 1.54) is 6.33 Å². The van der Waals surface area contributed by atoms with Gasteiger partial charge in [0.05, 0.1) is 5.39 Å². The fraction of sp³-hybridized carbons (Fsp3) is 0.417. The average Bonchev–Trinajstić information content (AvgIpc) is 2.65. The molecule has 2 heterocycles. The van der Waals surface area contributed by atoms with E-state index in [2.05, 4.69) is 15.3 Å². The van der Waals surface area contributed by atoms with Gasteiger partial charge in [0.1, 0.15) is 23.0 Å². The maximum atomic E-state index is 11.2. The van der Waals surface area contributed by atoms with E-state index in [-0.39, 0.29) is 5.92 Å². The molecule has 0 amide bonds. The smallest absolute Gasteiger partial charge is 0.326 e. The van der Waals surface area contributed by atoms with Crippen molar-refractivity contribution in [3.63, 3.8) is 0 Å². The summed E-state index contributed by atoms with van der Waals surface area (Å²) in [6, 6.07) is 1.32. The van der Waals surface area contributed by atoms with Crippen LogP contribution in [0.2, 0.25) is 0 Å². The van der Waals surface area contributed by atoms with Gasteiger partial charge in [0.25, 0.3) is 0 Å². The lowest BCUT2D eigenvalue weighted by Gasteiger charge is -2.18. The van der Waals surface area contributed by atoms with Crippen molar-refractivity contribution >= 4 is 33.3 Å². The first-order valence-corrected chi connectivity index (χ1v) is 6.51. The molecule has 0 spiro atoms. The molecule has 0 aliphatic heterocycles. The van der Waals surface area contributed by atoms with Gasteiger partial charge in [-0.3, -0.25) is 0 Å². The van der Waals surface area contributed by atoms with Gasteiger partial charge < -0.3 is 10.4 Å². The molecule has 2 N–H and O–H groups in total. The Bertz CT molecular complexity index is 580. The Labute approximate surface area is 109 Å². The molecule has 0 radical (unpaired) electrons. The quantitative estimate of drug-likeness (QED) is 0.888. The molecule has 2 rings (SSSR count). The third-order valence-electron chi connectivity index (χ3n) is 2.68. The molecule has 6 heteroatoms. The van der Waals surface area contributed by atoms with Crippen molar-refractivity contribution in [2.45, 2.75) is 26.8 Å². The fourth-order valence-electron chi connectivity index (χ4n) is 1.75. The van der Waals surface area contributed by atoms with Gasteiger partial charge in [-0.1, -0.05) is 13.8 Å². The van der Waals surface area contributed by atoms with Crippen LogP contribution < -0.4 is 5.32 Å². The Hall–Kier alpha value is -1.69. The highest BCUT2D eigenvalue weighted by Crippen LogP contribution is 2.28. The second kappa shape index (κ2) is 4.89. The fourth-order valence-corrected chi connectivity index (χ4v) is 2.60. The Balaban J connectivity index is 2.39. The first kappa shape index (κ1) is 12.8. The van der Waals surface area contributed by atoms with Crippen LogP contribution in [0.5, 0.6) is 0 Å². The number of thiophene rings is 1. The third kappa shape index (κ3) is 2.43. The van der Waals surface area contributed by atoms with Gasteiger partial charge in [-0.2, -0.15) is 0 Å². The van der Waals surface area contributed by atoms with Gasteiger partial charge in [-0.25, -0.2) is 14.8 Å². The van der Waals surface area contributed by atoms with Crippen LogP contribution in [0, 0.1) is 12.8 Å². The molecule has 2 aromatic heterocycles. The Morgan fingerprint density at radius 1 is 1.44 bits per heavy atom. The van der Waals surface area contributed by atoms with Gasteiger partial charge in [0, 0.05) is 4.88 Å². The summed E-state index contributed by atoms with van der Waals surface area (Å²) < 4.78 is 0. The van der Waals surface area contributed by atoms with Crippen LogP contribution in [0.15, 0.2) is 12.4 Å². The molecule has 96 valence electrons. The number of nitrogens with zero attached hydrogens (tertiary/aromatic N) is 2. The minimum Gasteiger partial charge on any atom is -0.480 e. The van der Waals surface area contributed by atoms with E-state index in [1.54, 1.807) is 11.3 Å². The van der Waals surface area contributed by atoms with E-state index >= 15 is 0 Å². The van der Waals surface area contributed by atoms with Crippen LogP contribution in [0.3, 0.4) is 0 Å². The first-order chi connectivity index (χ1) is 8.49. The van der Waals surface area contributed by atoms with E-state index in [0.717, 1.165) is 15.1 Å². The van der Waals surface area contributed by atoms with Crippen molar-refractivity contribution in [1.29, 1.82) is 0 Å². The molecule has 18 heavy (non-hydrogen) atoms. The standard InChI is InChI=1S/C12H15N3O2S/c1-6(2)9(12(16)17)15-10-8-4-7(3)18-11(8)14-5-13-10/h4-6,9H,1-3H3,(H,16,17)(H,13,14,15). The number of fused-ring (bicyclic) bond motifs is 1. The second-order valence-corrected chi connectivity index (χ2v) is 5.74. The highest BCUT2D eigenvalue weighted by molar-refractivity contribution is 7.18. The van der Waals surface area contributed by atoms with Crippen LogP contribution in [0.1, 0.15) is 18.7 Å². The highest BCUT2D eigenvalue weighted by atomic mass is 32.1. The number of carbonyl (C=O) groups is 1. The summed E-state index contributed by atoms with van der Waals surface area (Å²) in [7, 11) is 0. The van der Waals surface area contributed by atoms with E-state index < -0.39 is 12.0 Å². The van der Waals surface area contributed by atoms with E-state index in [9.17, 15) is 9.90 Å². The predicted molar refractivity (Wildman–Crippen MR) is 72.0 cm³/mol. The SMILES string of the molecule is Cc1cc2c(NC(C(=O)O)C(C)C)ncnc2s1. The molecule has 0 aliphatic carbocycles. The van der Waals surface area contributed by atoms with E-state index in [1.807, 2.05) is 26.8 Å². The van der Waals surface area contributed by atoms with Gasteiger partial charge in [0.15, 0.2) is 0 Å². The van der Waals surface area contributed by atoms with Crippen molar-refractivity contribution in [1.82, 2.24) is 9.97 Å². The molecule has 0 aromatic carbocycles. The van der Waals surface area contributed by atoms with Crippen LogP contribution in [0.25, 0.3) is 10.2 Å². The number of nitrogens with one attached hydrogen (secondary N) is 1. The van der Waals surface area contributed by atoms with Gasteiger partial charge >= 0.3 is 5.97 Å². The zero-order valence-corrected chi connectivity index (χ0v) is 11.3. The Morgan fingerprint density at radius 3 is 2.78 bits per heavy atom. The number of carboxylic acid groups (broad SMARTS) is 1. The summed E-state index contributed by atoms with van der Waals surface area (Å²) in [5, 5.41) is 13.1. The lowest BCUT2D eigenvalue weighted by Crippen LogP contribution is -2.34. The van der Waals surface area contributed by atoms with Gasteiger partial charge in [0.2, 0.25) is 0 Å². The number of hydrogen-bond donors (Lipinski definition) is 2. The highest BCUT2D eigenvalue weighted by Gasteiger charge is 2.22. The predicted octanol–water partition coefficient (Wildman–Crippen LogP) is 2.52. The second-order valence-electron chi connectivity index (χ2n) is 4.50. The summed E-state index contributed by atoms with van der Waals surface area (Å²) in [5.41, 5.74) is 0. The molecule has 0 aliphatic rings. The minimum atomic E-state index is -0.872. The third-order valence-corrected chi connectivity index (χ3v) is 3.64. The number of aryl methyl sites for hydroxylation is 1. The molecule has 0 saturated heterocycles. The monoisotopic (exact) mass is 265 g/mol. The number of aromatic nitrogens is 2. The molecule has 1 unspecified atom stereocenters. The molecular formula is C12H15N3O2S. The summed E-state index contributed by atoms with van der Waals surface area (Å²) in [5.74, 6) is -0.304. The molecule has 5 nitrogen and oxygen atoms in total. The molecule has 0 bridgehead atoms. The molecule has 0 saturated carbocycles. The minimum absolute atomic E-state index is 0.0211. The molecular weight excluding hydrogens is 250 g/mol. The van der Waals surface area contributed by atoms with E-state index in [0.29, 0.717) is 5.82 Å². The van der Waals surface area contributed by atoms with E-state index in [4.69, 9.17) is 0 Å². The number of aliphatic carboxylic acids is 1. The summed E-state index contributed by atoms with van der Waals surface area (Å²) in [4.78, 5) is 21.5. The van der Waals surface area contributed by atoms with Crippen LogP contribution in [0.4, 0.5) is 5.82 Å². The maximum Gasteiger partial charge on any atom is 0.326 e. The van der Waals surface area contributed by atoms with Crippen LogP contribution in [-0.4, -0.2) is 27.1 Å². The lowest BCUT2D eigenvalue weighted by atomic mass is 10.0. The average molecular weight is 265 g/mol. The summed E-state index contributed by atoms with van der Waals surface area (Å²) in [6.45, 7) is 5.72. The zero-order chi connectivity index (χ0) is 13.3. The topological polar surface area (TPSA) is 75.1 Å². The first-order valence-electron chi connectivity index (χ1n) is 5.69. The van der Waals surface area contributed by atoms with Crippen molar-refractivity contribution < 1.29 is 9.90 Å². The van der Waals surface area contributed by atoms with Crippen molar-refractivity contribution in [2.24, 2.45) is 5.92 Å². The number of carboxylic acids is 1. The normalized spacial score (nSPS) is 12.9. The van der Waals surface area contributed by atoms with Gasteiger partial charge in [-0.15, -0.1) is 11.3 Å². The van der Waals surface area contributed by atoms with Gasteiger partial charge in [-0.05, 0) is 18.9 Å². The summed E-state index contributed by atoms with van der Waals surface area (Å²) in [6.07, 6.45) is 1.46. The Kier molecular flexibility index (Phi) is 3.47. The molecule has 2 aromatic rings. The molecule has 1 atom stereocenters. The zero-order valence-electron chi connectivity index (χ0n) is 10.5. The maximum absolute atomic E-state index is 11.2. The number of anilines is 1.